The molecule has 2 fully saturated rings. The van der Waals surface area contributed by atoms with Gasteiger partial charge in [-0.1, -0.05) is 145 Å². The van der Waals surface area contributed by atoms with Gasteiger partial charge in [-0.2, -0.15) is 0 Å². The van der Waals surface area contributed by atoms with Crippen LogP contribution in [0.1, 0.15) is 70.9 Å². The second-order valence-electron chi connectivity index (χ2n) is 17.3. The first-order chi connectivity index (χ1) is 32.0. The predicted molar refractivity (Wildman–Crippen MR) is 257 cm³/mol. The molecule has 1 N–H and O–H groups in total. The van der Waals surface area contributed by atoms with Gasteiger partial charge in [0.2, 0.25) is 5.24 Å². The Kier molecular flexibility index (Phi) is 13.0. The second-order valence-corrected chi connectivity index (χ2v) is 18.6. The number of nitrogens with zero attached hydrogens (tertiary/aromatic N) is 2. The highest BCUT2D eigenvalue weighted by atomic mass is 35.5. The van der Waals surface area contributed by atoms with Gasteiger partial charge in [-0.15, -0.1) is 0 Å². The number of rotatable bonds is 8. The standard InChI is InChI=1S/C27H23Cl2NO3.C27H24ClNO4/c28-19-11-9-18(10-12-19)27(25(29)31)13-15-30(16-14-27)26(32)33-17-24-22-7-3-1-5-20(22)21-6-2-4-8-23(21)24;28-19-11-9-18(10-12-19)27(25(30)31)13-15-29(16-14-27)26(32)33-17-24-22-7-3-1-5-20(22)21-6-2-4-8-23(21)24/h1-12,24H,13-17H2;1-12,24H,13-17H2,(H,30,31). The molecule has 9 nitrogen and oxygen atoms in total. The molecule has 2 heterocycles. The van der Waals surface area contributed by atoms with Crippen LogP contribution in [0.15, 0.2) is 146 Å². The fourth-order valence-electron chi connectivity index (χ4n) is 10.3. The predicted octanol–water partition coefficient (Wildman–Crippen LogP) is 12.1. The normalized spacial score (nSPS) is 16.7. The van der Waals surface area contributed by atoms with Crippen LogP contribution in [0.25, 0.3) is 22.3 Å². The number of piperidine rings is 2. The number of carbonyl (C=O) groups is 4. The quantitative estimate of drug-likeness (QED) is 0.151. The summed E-state index contributed by atoms with van der Waals surface area (Å²) in [4.78, 5) is 53.7. The first-order valence-electron chi connectivity index (χ1n) is 22.1. The lowest BCUT2D eigenvalue weighted by Crippen LogP contribution is -2.49. The number of carboxylic acid groups (broad SMARTS) is 1. The number of fused-ring (bicyclic) bond motifs is 6. The van der Waals surface area contributed by atoms with Crippen molar-refractivity contribution in [1.29, 1.82) is 0 Å². The molecule has 0 atom stereocenters. The van der Waals surface area contributed by atoms with Crippen molar-refractivity contribution in [3.8, 4) is 22.3 Å². The summed E-state index contributed by atoms with van der Waals surface area (Å²) in [6.45, 7) is 1.98. The van der Waals surface area contributed by atoms with Gasteiger partial charge in [0.15, 0.2) is 0 Å². The van der Waals surface area contributed by atoms with E-state index in [-0.39, 0.29) is 31.1 Å². The Morgan fingerprint density at radius 1 is 0.485 bits per heavy atom. The minimum atomic E-state index is -1.02. The third-order valence-corrected chi connectivity index (χ3v) is 14.9. The number of amides is 2. The van der Waals surface area contributed by atoms with Gasteiger partial charge in [-0.25, -0.2) is 9.59 Å². The van der Waals surface area contributed by atoms with Crippen LogP contribution in [-0.2, 0) is 29.9 Å². The summed E-state index contributed by atoms with van der Waals surface area (Å²) in [5.74, 6) is -0.862. The number of carboxylic acids is 1. The van der Waals surface area contributed by atoms with Crippen molar-refractivity contribution in [3.05, 3.63) is 189 Å². The highest BCUT2D eigenvalue weighted by Gasteiger charge is 2.45. The molecule has 336 valence electrons. The molecule has 0 bridgehead atoms. The van der Waals surface area contributed by atoms with E-state index in [1.165, 1.54) is 33.4 Å². The van der Waals surface area contributed by atoms with E-state index in [0.29, 0.717) is 67.5 Å². The van der Waals surface area contributed by atoms with Crippen LogP contribution >= 0.6 is 34.8 Å². The lowest BCUT2D eigenvalue weighted by molar-refractivity contribution is -0.145. The molecule has 0 spiro atoms. The van der Waals surface area contributed by atoms with Crippen LogP contribution in [0.2, 0.25) is 10.0 Å². The van der Waals surface area contributed by atoms with Gasteiger partial charge in [0.05, 0.1) is 10.8 Å². The third kappa shape index (κ3) is 8.56. The molecule has 66 heavy (non-hydrogen) atoms. The Hall–Kier alpha value is -6.13. The molecular formula is C54H47Cl3N2O7. The highest BCUT2D eigenvalue weighted by molar-refractivity contribution is 6.65. The molecule has 0 radical (unpaired) electrons. The van der Waals surface area contributed by atoms with E-state index in [4.69, 9.17) is 44.3 Å². The summed E-state index contributed by atoms with van der Waals surface area (Å²) in [5, 5.41) is 10.8. The maximum absolute atomic E-state index is 12.9. The second kappa shape index (κ2) is 19.0. The molecule has 0 aromatic heterocycles. The van der Waals surface area contributed by atoms with Crippen LogP contribution in [0, 0.1) is 0 Å². The molecule has 2 aliphatic heterocycles. The summed E-state index contributed by atoms with van der Waals surface area (Å²) < 4.78 is 11.5. The molecular weight excluding hydrogens is 895 g/mol. The van der Waals surface area contributed by atoms with Gasteiger partial charge >= 0.3 is 18.2 Å². The number of ether oxygens (including phenoxy) is 2. The summed E-state index contributed by atoms with van der Waals surface area (Å²) in [6.07, 6.45) is 0.792. The van der Waals surface area contributed by atoms with E-state index in [2.05, 4.69) is 48.5 Å². The monoisotopic (exact) mass is 940 g/mol. The fourth-order valence-corrected chi connectivity index (χ4v) is 10.8. The van der Waals surface area contributed by atoms with E-state index >= 15 is 0 Å². The van der Waals surface area contributed by atoms with Crippen molar-refractivity contribution in [2.24, 2.45) is 0 Å². The zero-order valence-corrected chi connectivity index (χ0v) is 38.3. The van der Waals surface area contributed by atoms with E-state index in [0.717, 1.165) is 16.7 Å². The SMILES string of the molecule is O=C(OCC1c2ccccc2-c2ccccc21)N1CCC(C(=O)Cl)(c2ccc(Cl)cc2)CC1.O=C(OCC1c2ccccc2-c2ccccc21)N1CCC(C(=O)O)(c2ccc(Cl)cc2)CC1. The van der Waals surface area contributed by atoms with Gasteiger partial charge in [-0.3, -0.25) is 9.59 Å². The topological polar surface area (TPSA) is 113 Å². The molecule has 0 saturated carbocycles. The smallest absolute Gasteiger partial charge is 0.409 e. The molecule has 6 aromatic carbocycles. The Morgan fingerprint density at radius 2 is 0.788 bits per heavy atom. The summed E-state index contributed by atoms with van der Waals surface area (Å²) >= 11 is 18.0. The third-order valence-electron chi connectivity index (χ3n) is 14.0. The maximum Gasteiger partial charge on any atom is 0.409 e. The Bertz CT molecular complexity index is 2500. The average Bonchev–Trinajstić information content (AvgIpc) is 3.85. The summed E-state index contributed by atoms with van der Waals surface area (Å²) in [6, 6.07) is 47.1. The minimum Gasteiger partial charge on any atom is -0.481 e. The van der Waals surface area contributed by atoms with Crippen molar-refractivity contribution >= 4 is 58.2 Å². The maximum atomic E-state index is 12.9. The lowest BCUT2D eigenvalue weighted by atomic mass is 9.73. The number of likely N-dealkylation sites (tertiary alicyclic amines) is 2. The molecule has 2 saturated heterocycles. The molecule has 2 aliphatic carbocycles. The first kappa shape index (κ1) is 45.0. The number of hydrogen-bond donors (Lipinski definition) is 1. The first-order valence-corrected chi connectivity index (χ1v) is 23.3. The van der Waals surface area contributed by atoms with E-state index < -0.39 is 28.1 Å². The number of halogens is 3. The van der Waals surface area contributed by atoms with Crippen LogP contribution < -0.4 is 0 Å². The van der Waals surface area contributed by atoms with Crippen molar-refractivity contribution in [2.45, 2.75) is 48.3 Å². The molecule has 10 rings (SSSR count). The Morgan fingerprint density at radius 3 is 1.11 bits per heavy atom. The number of benzene rings is 6. The lowest BCUT2D eigenvalue weighted by Gasteiger charge is -2.39. The summed E-state index contributed by atoms with van der Waals surface area (Å²) in [7, 11) is 0. The van der Waals surface area contributed by atoms with Crippen molar-refractivity contribution < 1.29 is 33.8 Å². The molecule has 0 unspecified atom stereocenters. The number of carbonyl (C=O) groups excluding carboxylic acids is 3. The average molecular weight is 942 g/mol. The molecule has 2 amide bonds. The van der Waals surface area contributed by atoms with Crippen molar-refractivity contribution in [2.75, 3.05) is 39.4 Å². The fraction of sp³-hybridized carbons (Fsp3) is 0.259. The largest absolute Gasteiger partial charge is 0.481 e. The van der Waals surface area contributed by atoms with Crippen LogP contribution in [-0.4, -0.2) is 77.7 Å². The molecule has 6 aromatic rings. The van der Waals surface area contributed by atoms with E-state index in [9.17, 15) is 24.3 Å². The number of aliphatic carboxylic acids is 1. The van der Waals surface area contributed by atoms with Gasteiger partial charge < -0.3 is 24.4 Å². The van der Waals surface area contributed by atoms with Gasteiger partial charge in [0.25, 0.3) is 0 Å². The van der Waals surface area contributed by atoms with Crippen LogP contribution in [0.3, 0.4) is 0 Å². The van der Waals surface area contributed by atoms with Gasteiger partial charge in [-0.05, 0) is 117 Å². The Labute approximate surface area is 398 Å². The summed E-state index contributed by atoms with van der Waals surface area (Å²) in [5.41, 5.74) is 9.15. The zero-order chi connectivity index (χ0) is 46.0. The highest BCUT2D eigenvalue weighted by Crippen LogP contribution is 2.46. The van der Waals surface area contributed by atoms with Crippen LogP contribution in [0.4, 0.5) is 9.59 Å². The zero-order valence-electron chi connectivity index (χ0n) is 36.0. The van der Waals surface area contributed by atoms with Gasteiger partial charge in [0, 0.05) is 48.1 Å². The van der Waals surface area contributed by atoms with Crippen molar-refractivity contribution in [3.63, 3.8) is 0 Å². The van der Waals surface area contributed by atoms with E-state index in [1.807, 2.05) is 60.7 Å². The number of hydrogen-bond acceptors (Lipinski definition) is 6. The van der Waals surface area contributed by atoms with E-state index in [1.54, 1.807) is 46.2 Å². The molecule has 4 aliphatic rings. The van der Waals surface area contributed by atoms with Crippen LogP contribution in [0.5, 0.6) is 0 Å². The Balaban J connectivity index is 0.000000166. The van der Waals surface area contributed by atoms with Crippen molar-refractivity contribution in [1.82, 2.24) is 9.80 Å². The molecule has 12 heteroatoms. The minimum absolute atomic E-state index is 0.00156. The van der Waals surface area contributed by atoms with Gasteiger partial charge in [0.1, 0.15) is 13.2 Å².